The van der Waals surface area contributed by atoms with Crippen LogP contribution >= 0.6 is 11.8 Å². The maximum atomic E-state index is 13.0. The van der Waals surface area contributed by atoms with Crippen LogP contribution in [-0.2, 0) is 4.79 Å². The third-order valence-electron chi connectivity index (χ3n) is 4.81. The molecule has 1 amide bonds. The number of aromatic nitrogens is 2. The summed E-state index contributed by atoms with van der Waals surface area (Å²) in [6.45, 7) is 2.90. The smallest absolute Gasteiger partial charge is 0.286 e. The zero-order valence-corrected chi connectivity index (χ0v) is 16.6. The number of thioether (sulfide) groups is 1. The zero-order chi connectivity index (χ0) is 18.8. The molecule has 1 aliphatic carbocycles. The molecule has 1 atom stereocenters. The van der Waals surface area contributed by atoms with E-state index in [9.17, 15) is 9.59 Å². The molecule has 0 aliphatic heterocycles. The van der Waals surface area contributed by atoms with Crippen molar-refractivity contribution in [2.45, 2.75) is 75.6 Å². The van der Waals surface area contributed by atoms with Gasteiger partial charge in [-0.25, -0.2) is 0 Å². The number of carbonyl (C=O) groups is 2. The Kier molecular flexibility index (Phi) is 9.11. The number of nitrogens with zero attached hydrogens (tertiary/aromatic N) is 3. The number of hydrogen-bond acceptors (Lipinski definition) is 7. The van der Waals surface area contributed by atoms with Crippen LogP contribution in [0.1, 0.15) is 69.0 Å². The van der Waals surface area contributed by atoms with Gasteiger partial charge in [0.05, 0.1) is 0 Å². The summed E-state index contributed by atoms with van der Waals surface area (Å²) in [5.74, 6) is 0.568. The highest BCUT2D eigenvalue weighted by Gasteiger charge is 2.34. The average Bonchev–Trinajstić information content (AvgIpc) is 3.14. The van der Waals surface area contributed by atoms with E-state index < -0.39 is 6.04 Å². The molecule has 0 spiro atoms. The lowest BCUT2D eigenvalue weighted by Gasteiger charge is -2.36. The van der Waals surface area contributed by atoms with E-state index in [0.717, 1.165) is 57.2 Å². The quantitative estimate of drug-likeness (QED) is 0.257. The molecule has 7 nitrogen and oxygen atoms in total. The first kappa shape index (κ1) is 20.9. The molecule has 1 saturated carbocycles. The third kappa shape index (κ3) is 5.81. The Bertz CT molecular complexity index is 560. The van der Waals surface area contributed by atoms with Crippen LogP contribution in [0, 0.1) is 0 Å². The Morgan fingerprint density at radius 2 is 2.15 bits per heavy atom. The predicted octanol–water partition coefficient (Wildman–Crippen LogP) is 2.91. The number of amides is 1. The number of hydrogen-bond donors (Lipinski definition) is 1. The molecule has 1 aromatic rings. The molecule has 0 bridgehead atoms. The molecule has 1 fully saturated rings. The molecule has 8 heteroatoms. The van der Waals surface area contributed by atoms with Crippen LogP contribution in [0.3, 0.4) is 0 Å². The fraction of sp³-hybridized carbons (Fsp3) is 0.778. The topological polar surface area (TPSA) is 88.3 Å². The van der Waals surface area contributed by atoms with Gasteiger partial charge in [-0.2, -0.15) is 0 Å². The second kappa shape index (κ2) is 11.3. The molecular formula is C18H30N4O3S. The summed E-state index contributed by atoms with van der Waals surface area (Å²) in [5, 5.41) is 11.3. The average molecular weight is 383 g/mol. The van der Waals surface area contributed by atoms with E-state index in [1.54, 1.807) is 4.90 Å². The van der Waals surface area contributed by atoms with Gasteiger partial charge < -0.3 is 14.6 Å². The lowest BCUT2D eigenvalue weighted by molar-refractivity contribution is -0.122. The number of unbranched alkanes of at least 4 members (excludes halogenated alkanes) is 1. The molecule has 0 unspecified atom stereocenters. The van der Waals surface area contributed by atoms with Crippen molar-refractivity contribution >= 4 is 24.0 Å². The number of carbonyl (C=O) groups excluding carboxylic acids is 2. The largest absolute Gasteiger partial charge is 0.408 e. The van der Waals surface area contributed by atoms with Crippen molar-refractivity contribution in [3.05, 3.63) is 5.89 Å². The highest BCUT2D eigenvalue weighted by molar-refractivity contribution is 7.99. The summed E-state index contributed by atoms with van der Waals surface area (Å²) < 4.78 is 5.56. The molecule has 0 saturated heterocycles. The van der Waals surface area contributed by atoms with Gasteiger partial charge in [0.25, 0.3) is 11.1 Å². The van der Waals surface area contributed by atoms with Crippen LogP contribution in [0.25, 0.3) is 0 Å². The standard InChI is InChI=1S/C18H30N4O3S/c1-3-4-10-15(22(13-23)14-8-6-5-7-9-14)16(24)17-20-21-18(25-17)26-12-11-19-2/h13-15,19H,3-12H2,1-2H3/t15-/m0/s1. The normalized spacial score (nSPS) is 16.4. The molecule has 1 aliphatic rings. The van der Waals surface area contributed by atoms with Gasteiger partial charge >= 0.3 is 0 Å². The van der Waals surface area contributed by atoms with Crippen molar-refractivity contribution < 1.29 is 14.0 Å². The second-order valence-electron chi connectivity index (χ2n) is 6.69. The van der Waals surface area contributed by atoms with Crippen LogP contribution in [0.15, 0.2) is 9.64 Å². The van der Waals surface area contributed by atoms with Gasteiger partial charge in [-0.05, 0) is 26.3 Å². The van der Waals surface area contributed by atoms with E-state index >= 15 is 0 Å². The van der Waals surface area contributed by atoms with Crippen molar-refractivity contribution in [3.8, 4) is 0 Å². The van der Waals surface area contributed by atoms with Crippen LogP contribution in [0.4, 0.5) is 0 Å². The monoisotopic (exact) mass is 382 g/mol. The number of nitrogens with one attached hydrogen (secondary N) is 1. The zero-order valence-electron chi connectivity index (χ0n) is 15.8. The fourth-order valence-corrected chi connectivity index (χ4v) is 4.07. The van der Waals surface area contributed by atoms with Crippen LogP contribution in [0.2, 0.25) is 0 Å². The lowest BCUT2D eigenvalue weighted by Crippen LogP contribution is -2.47. The molecule has 0 aromatic carbocycles. The van der Waals surface area contributed by atoms with Crippen molar-refractivity contribution in [2.75, 3.05) is 19.3 Å². The highest BCUT2D eigenvalue weighted by Crippen LogP contribution is 2.26. The maximum Gasteiger partial charge on any atom is 0.286 e. The first-order chi connectivity index (χ1) is 12.7. The van der Waals surface area contributed by atoms with E-state index in [1.807, 2.05) is 7.05 Å². The minimum Gasteiger partial charge on any atom is -0.408 e. The first-order valence-electron chi connectivity index (χ1n) is 9.59. The van der Waals surface area contributed by atoms with E-state index in [-0.39, 0.29) is 17.7 Å². The number of Topliss-reactive ketones (excluding diaryl/α,β-unsaturated/α-hetero) is 1. The van der Waals surface area contributed by atoms with Gasteiger partial charge in [0.2, 0.25) is 12.2 Å². The lowest BCUT2D eigenvalue weighted by atomic mass is 9.92. The van der Waals surface area contributed by atoms with Gasteiger partial charge in [-0.1, -0.05) is 50.8 Å². The van der Waals surface area contributed by atoms with E-state index in [0.29, 0.717) is 11.6 Å². The maximum absolute atomic E-state index is 13.0. The molecule has 26 heavy (non-hydrogen) atoms. The molecule has 0 radical (unpaired) electrons. The van der Waals surface area contributed by atoms with Gasteiger partial charge in [0, 0.05) is 18.3 Å². The minimum absolute atomic E-state index is 0.0146. The summed E-state index contributed by atoms with van der Waals surface area (Å²) >= 11 is 1.42. The Morgan fingerprint density at radius 1 is 1.38 bits per heavy atom. The third-order valence-corrected chi connectivity index (χ3v) is 5.63. The van der Waals surface area contributed by atoms with Crippen molar-refractivity contribution in [1.82, 2.24) is 20.4 Å². The summed E-state index contributed by atoms with van der Waals surface area (Å²) in [4.78, 5) is 26.6. The fourth-order valence-electron chi connectivity index (χ4n) is 3.36. The van der Waals surface area contributed by atoms with E-state index in [2.05, 4.69) is 22.4 Å². The van der Waals surface area contributed by atoms with Crippen LogP contribution < -0.4 is 5.32 Å². The number of ketones is 1. The Morgan fingerprint density at radius 3 is 2.81 bits per heavy atom. The second-order valence-corrected chi connectivity index (χ2v) is 7.74. The molecule has 1 aromatic heterocycles. The Hall–Kier alpha value is -1.41. The van der Waals surface area contributed by atoms with E-state index in [1.165, 1.54) is 18.2 Å². The molecular weight excluding hydrogens is 352 g/mol. The van der Waals surface area contributed by atoms with Crippen LogP contribution in [0.5, 0.6) is 0 Å². The summed E-state index contributed by atoms with van der Waals surface area (Å²) in [7, 11) is 1.88. The van der Waals surface area contributed by atoms with Crippen molar-refractivity contribution in [3.63, 3.8) is 0 Å². The molecule has 2 rings (SSSR count). The van der Waals surface area contributed by atoms with Crippen molar-refractivity contribution in [2.24, 2.45) is 0 Å². The summed E-state index contributed by atoms with van der Waals surface area (Å²) in [5.41, 5.74) is 0. The minimum atomic E-state index is -0.508. The molecule has 1 N–H and O–H groups in total. The predicted molar refractivity (Wildman–Crippen MR) is 101 cm³/mol. The highest BCUT2D eigenvalue weighted by atomic mass is 32.2. The van der Waals surface area contributed by atoms with Gasteiger partial charge in [-0.3, -0.25) is 9.59 Å². The number of rotatable bonds is 12. The molecule has 1 heterocycles. The Labute approximate surface area is 159 Å². The van der Waals surface area contributed by atoms with E-state index in [4.69, 9.17) is 4.42 Å². The SMILES string of the molecule is CCCC[C@@H](C(=O)c1nnc(SCCNC)o1)N(C=O)C1CCCCC1. The van der Waals surface area contributed by atoms with Crippen LogP contribution in [-0.4, -0.2) is 58.7 Å². The summed E-state index contributed by atoms with van der Waals surface area (Å²) in [6.07, 6.45) is 8.66. The molecule has 146 valence electrons. The van der Waals surface area contributed by atoms with Gasteiger partial charge in [0.1, 0.15) is 6.04 Å². The Balaban J connectivity index is 2.10. The van der Waals surface area contributed by atoms with Crippen molar-refractivity contribution in [1.29, 1.82) is 0 Å². The van der Waals surface area contributed by atoms with Gasteiger partial charge in [0.15, 0.2) is 0 Å². The summed E-state index contributed by atoms with van der Waals surface area (Å²) in [6, 6.07) is -0.370. The van der Waals surface area contributed by atoms with Gasteiger partial charge in [-0.15, -0.1) is 10.2 Å². The first-order valence-corrected chi connectivity index (χ1v) is 10.6.